The number of nitrogens with zero attached hydrogens (tertiary/aromatic N) is 1. The van der Waals surface area contributed by atoms with Gasteiger partial charge in [0.15, 0.2) is 11.7 Å². The van der Waals surface area contributed by atoms with Crippen LogP contribution in [0.4, 0.5) is 5.13 Å². The fourth-order valence-electron chi connectivity index (χ4n) is 2.92. The lowest BCUT2D eigenvalue weighted by atomic mass is 10.1. The molecular weight excluding hydrogens is 392 g/mol. The lowest BCUT2D eigenvalue weighted by Gasteiger charge is -2.04. The van der Waals surface area contributed by atoms with Crippen LogP contribution >= 0.6 is 11.3 Å². The smallest absolute Gasteiger partial charge is 0.310 e. The van der Waals surface area contributed by atoms with E-state index in [9.17, 15) is 9.59 Å². The number of anilines is 1. The van der Waals surface area contributed by atoms with Gasteiger partial charge in [-0.1, -0.05) is 23.5 Å². The molecule has 0 atom stereocenters. The summed E-state index contributed by atoms with van der Waals surface area (Å²) in [6.07, 6.45) is 1.57. The van der Waals surface area contributed by atoms with E-state index in [1.807, 2.05) is 37.3 Å². The molecule has 29 heavy (non-hydrogen) atoms. The summed E-state index contributed by atoms with van der Waals surface area (Å²) in [6, 6.07) is 11.2. The number of aromatic nitrogens is 1. The number of rotatable bonds is 6. The van der Waals surface area contributed by atoms with Gasteiger partial charge in [0.25, 0.3) is 5.91 Å². The van der Waals surface area contributed by atoms with Gasteiger partial charge in [0.2, 0.25) is 0 Å². The Bertz CT molecular complexity index is 1210. The summed E-state index contributed by atoms with van der Waals surface area (Å²) >= 11 is 1.32. The standard InChI is InChI=1S/C21H18N2O5S/c1-12-3-5-15-13(10-27-17(15)7-12)8-20(25)28-11-19(24)23-21-22-16-6-4-14(26-2)9-18(16)29-21/h3-7,9-10H,8,11H2,1-2H3,(H,22,23,24). The summed E-state index contributed by atoms with van der Waals surface area (Å²) in [6.45, 7) is 1.59. The normalized spacial score (nSPS) is 11.0. The lowest BCUT2D eigenvalue weighted by Crippen LogP contribution is -2.21. The van der Waals surface area contributed by atoms with Crippen molar-refractivity contribution in [1.82, 2.24) is 4.98 Å². The Balaban J connectivity index is 1.33. The van der Waals surface area contributed by atoms with Crippen LogP contribution in [0.5, 0.6) is 5.75 Å². The number of hydrogen-bond donors (Lipinski definition) is 1. The summed E-state index contributed by atoms with van der Waals surface area (Å²) in [5.41, 5.74) is 3.28. The summed E-state index contributed by atoms with van der Waals surface area (Å²) < 4.78 is 16.6. The van der Waals surface area contributed by atoms with Gasteiger partial charge in [-0.2, -0.15) is 0 Å². The van der Waals surface area contributed by atoms with Gasteiger partial charge in [-0.05, 0) is 36.8 Å². The second-order valence-corrected chi connectivity index (χ2v) is 7.53. The Morgan fingerprint density at radius 3 is 2.90 bits per heavy atom. The molecule has 1 N–H and O–H groups in total. The fourth-order valence-corrected chi connectivity index (χ4v) is 3.83. The van der Waals surface area contributed by atoms with Crippen molar-refractivity contribution >= 4 is 49.5 Å². The molecule has 0 aliphatic carbocycles. The first-order valence-corrected chi connectivity index (χ1v) is 9.70. The third-order valence-electron chi connectivity index (χ3n) is 4.35. The van der Waals surface area contributed by atoms with E-state index in [4.69, 9.17) is 13.9 Å². The number of furan rings is 1. The molecule has 0 spiro atoms. The van der Waals surface area contributed by atoms with Gasteiger partial charge >= 0.3 is 5.97 Å². The van der Waals surface area contributed by atoms with Crippen molar-refractivity contribution in [2.75, 3.05) is 19.0 Å². The highest BCUT2D eigenvalue weighted by molar-refractivity contribution is 7.22. The molecule has 0 radical (unpaired) electrons. The SMILES string of the molecule is COc1ccc2nc(NC(=O)COC(=O)Cc3coc4cc(C)ccc34)sc2c1. The van der Waals surface area contributed by atoms with Gasteiger partial charge in [-0.15, -0.1) is 0 Å². The van der Waals surface area contributed by atoms with Crippen LogP contribution in [0.3, 0.4) is 0 Å². The van der Waals surface area contributed by atoms with Crippen molar-refractivity contribution in [3.8, 4) is 5.75 Å². The van der Waals surface area contributed by atoms with Gasteiger partial charge < -0.3 is 13.9 Å². The third kappa shape index (κ3) is 4.22. The Hall–Kier alpha value is -3.39. The topological polar surface area (TPSA) is 90.7 Å². The molecule has 2 aromatic heterocycles. The molecule has 1 amide bonds. The number of carbonyl (C=O) groups excluding carboxylic acids is 2. The Kier molecular flexibility index (Phi) is 5.18. The first-order chi connectivity index (χ1) is 14.0. The number of benzene rings is 2. The fraction of sp³-hybridized carbons (Fsp3) is 0.190. The maximum atomic E-state index is 12.1. The number of hydrogen-bond acceptors (Lipinski definition) is 7. The highest BCUT2D eigenvalue weighted by Crippen LogP contribution is 2.29. The van der Waals surface area contributed by atoms with E-state index in [1.54, 1.807) is 19.4 Å². The van der Waals surface area contributed by atoms with Crippen LogP contribution < -0.4 is 10.1 Å². The van der Waals surface area contributed by atoms with E-state index in [0.29, 0.717) is 5.13 Å². The molecule has 8 heteroatoms. The minimum atomic E-state index is -0.502. The molecule has 4 aromatic rings. The van der Waals surface area contributed by atoms with Gasteiger partial charge in [0.1, 0.15) is 11.3 Å². The highest BCUT2D eigenvalue weighted by atomic mass is 32.1. The molecule has 2 heterocycles. The molecule has 0 fully saturated rings. The minimum absolute atomic E-state index is 0.0320. The third-order valence-corrected chi connectivity index (χ3v) is 5.29. The molecule has 0 bridgehead atoms. The zero-order chi connectivity index (χ0) is 20.4. The monoisotopic (exact) mass is 410 g/mol. The van der Waals surface area contributed by atoms with E-state index >= 15 is 0 Å². The summed E-state index contributed by atoms with van der Waals surface area (Å²) in [7, 11) is 1.59. The van der Waals surface area contributed by atoms with E-state index in [-0.39, 0.29) is 13.0 Å². The summed E-state index contributed by atoms with van der Waals surface area (Å²) in [4.78, 5) is 28.6. The van der Waals surface area contributed by atoms with E-state index in [1.165, 1.54) is 11.3 Å². The van der Waals surface area contributed by atoms with E-state index < -0.39 is 11.9 Å². The van der Waals surface area contributed by atoms with Crippen LogP contribution in [-0.4, -0.2) is 30.6 Å². The van der Waals surface area contributed by atoms with Crippen LogP contribution in [0.15, 0.2) is 47.1 Å². The number of carbonyl (C=O) groups is 2. The van der Waals surface area contributed by atoms with Crippen LogP contribution in [0.25, 0.3) is 21.2 Å². The zero-order valence-corrected chi connectivity index (χ0v) is 16.7. The van der Waals surface area contributed by atoms with Gasteiger partial charge in [-0.25, -0.2) is 4.98 Å². The van der Waals surface area contributed by atoms with Crippen molar-refractivity contribution in [3.05, 3.63) is 53.8 Å². The number of aryl methyl sites for hydroxylation is 1. The number of ether oxygens (including phenoxy) is 2. The first kappa shape index (κ1) is 18.9. The lowest BCUT2D eigenvalue weighted by molar-refractivity contribution is -0.146. The molecule has 0 aliphatic heterocycles. The van der Waals surface area contributed by atoms with Crippen LogP contribution in [-0.2, 0) is 20.7 Å². The van der Waals surface area contributed by atoms with E-state index in [0.717, 1.165) is 38.1 Å². The maximum absolute atomic E-state index is 12.1. The zero-order valence-electron chi connectivity index (χ0n) is 15.9. The Labute approximate surface area is 170 Å². The number of nitrogens with one attached hydrogen (secondary N) is 1. The predicted octanol–water partition coefficient (Wildman–Crippen LogP) is 4.08. The Morgan fingerprint density at radius 2 is 2.07 bits per heavy atom. The van der Waals surface area contributed by atoms with Gasteiger partial charge in [-0.3, -0.25) is 14.9 Å². The van der Waals surface area contributed by atoms with Crippen molar-refractivity contribution in [1.29, 1.82) is 0 Å². The molecule has 0 unspecified atom stereocenters. The minimum Gasteiger partial charge on any atom is -0.497 e. The molecule has 2 aromatic carbocycles. The quantitative estimate of drug-likeness (QED) is 0.482. The second kappa shape index (κ2) is 7.92. The summed E-state index contributed by atoms with van der Waals surface area (Å²) in [5.74, 6) is -0.232. The summed E-state index contributed by atoms with van der Waals surface area (Å²) in [5, 5.41) is 3.95. The number of amides is 1. The van der Waals surface area contributed by atoms with E-state index in [2.05, 4.69) is 10.3 Å². The van der Waals surface area contributed by atoms with Gasteiger partial charge in [0, 0.05) is 10.9 Å². The van der Waals surface area contributed by atoms with Crippen LogP contribution in [0.2, 0.25) is 0 Å². The molecular formula is C21H18N2O5S. The molecule has 0 saturated carbocycles. The van der Waals surface area contributed by atoms with Crippen molar-refractivity contribution in [2.24, 2.45) is 0 Å². The van der Waals surface area contributed by atoms with Crippen molar-refractivity contribution < 1.29 is 23.5 Å². The molecule has 0 saturated heterocycles. The highest BCUT2D eigenvalue weighted by Gasteiger charge is 2.14. The van der Waals surface area contributed by atoms with Gasteiger partial charge in [0.05, 0.1) is 30.0 Å². The Morgan fingerprint density at radius 1 is 1.21 bits per heavy atom. The largest absolute Gasteiger partial charge is 0.497 e. The molecule has 0 aliphatic rings. The number of thiazole rings is 1. The average Bonchev–Trinajstić information content (AvgIpc) is 3.28. The van der Waals surface area contributed by atoms with Crippen molar-refractivity contribution in [2.45, 2.75) is 13.3 Å². The first-order valence-electron chi connectivity index (χ1n) is 8.88. The number of esters is 1. The molecule has 148 valence electrons. The second-order valence-electron chi connectivity index (χ2n) is 6.50. The van der Waals surface area contributed by atoms with Crippen molar-refractivity contribution in [3.63, 3.8) is 0 Å². The maximum Gasteiger partial charge on any atom is 0.310 e. The van der Waals surface area contributed by atoms with Crippen LogP contribution in [0.1, 0.15) is 11.1 Å². The number of methoxy groups -OCH3 is 1. The predicted molar refractivity (Wildman–Crippen MR) is 110 cm³/mol. The molecule has 4 rings (SSSR count). The number of fused-ring (bicyclic) bond motifs is 2. The average molecular weight is 410 g/mol. The van der Waals surface area contributed by atoms with Crippen LogP contribution in [0, 0.1) is 6.92 Å². The molecule has 7 nitrogen and oxygen atoms in total.